The first-order valence-corrected chi connectivity index (χ1v) is 8.08. The number of allylic oxidation sites excluding steroid dienone is 6. The van der Waals surface area contributed by atoms with Gasteiger partial charge in [-0.2, -0.15) is 0 Å². The van der Waals surface area contributed by atoms with Gasteiger partial charge in [-0.15, -0.1) is 0 Å². The van der Waals surface area contributed by atoms with Gasteiger partial charge in [0, 0.05) is 11.8 Å². The van der Waals surface area contributed by atoms with Crippen LogP contribution in [0, 0.1) is 6.92 Å². The van der Waals surface area contributed by atoms with Crippen molar-refractivity contribution in [3.05, 3.63) is 95.5 Å². The Hall–Kier alpha value is -2.48. The molecule has 2 heteroatoms. The minimum absolute atomic E-state index is 0.162. The third kappa shape index (κ3) is 4.26. The summed E-state index contributed by atoms with van der Waals surface area (Å²) < 4.78 is 6.05. The Morgan fingerprint density at radius 3 is 2.87 bits per heavy atom. The van der Waals surface area contributed by atoms with Gasteiger partial charge in [-0.25, -0.2) is 0 Å². The standard InChI is InChI=1S/C21H23NO/c1-16-9-11-19(12-10-16)15-23-21-13-17(2)22-20(21)14-18-7-5-3-4-6-8-18/h3,5-13,20,22H,2,4,14-15H2,1H3/t20-/m0/s1. The van der Waals surface area contributed by atoms with Gasteiger partial charge in [0.2, 0.25) is 0 Å². The molecule has 3 rings (SSSR count). The molecule has 0 amide bonds. The largest absolute Gasteiger partial charge is 0.491 e. The van der Waals surface area contributed by atoms with E-state index in [1.165, 1.54) is 16.7 Å². The van der Waals surface area contributed by atoms with Crippen LogP contribution < -0.4 is 5.32 Å². The number of hydrogen-bond donors (Lipinski definition) is 1. The van der Waals surface area contributed by atoms with Crippen molar-refractivity contribution in [3.63, 3.8) is 0 Å². The number of aryl methyl sites for hydroxylation is 1. The Morgan fingerprint density at radius 2 is 2.04 bits per heavy atom. The van der Waals surface area contributed by atoms with E-state index in [0.717, 1.165) is 24.3 Å². The Kier molecular flexibility index (Phi) is 4.82. The van der Waals surface area contributed by atoms with E-state index in [1.807, 2.05) is 6.08 Å². The molecule has 1 aromatic rings. The fourth-order valence-electron chi connectivity index (χ4n) is 2.75. The molecule has 118 valence electrons. The molecule has 1 aliphatic carbocycles. The first-order valence-electron chi connectivity index (χ1n) is 8.08. The molecule has 23 heavy (non-hydrogen) atoms. The number of nitrogens with one attached hydrogen (secondary N) is 1. The first kappa shape index (κ1) is 15.4. The van der Waals surface area contributed by atoms with Crippen LogP contribution in [0.3, 0.4) is 0 Å². The lowest BCUT2D eigenvalue weighted by Gasteiger charge is -2.17. The molecular weight excluding hydrogens is 282 g/mol. The summed E-state index contributed by atoms with van der Waals surface area (Å²) in [5.41, 5.74) is 4.67. The lowest BCUT2D eigenvalue weighted by Crippen LogP contribution is -2.25. The Labute approximate surface area is 138 Å². The van der Waals surface area contributed by atoms with Crippen LogP contribution in [0.15, 0.2) is 84.3 Å². The third-order valence-electron chi connectivity index (χ3n) is 4.04. The lowest BCUT2D eigenvalue weighted by atomic mass is 10.1. The van der Waals surface area contributed by atoms with E-state index >= 15 is 0 Å². The maximum Gasteiger partial charge on any atom is 0.121 e. The van der Waals surface area contributed by atoms with Gasteiger partial charge >= 0.3 is 0 Å². The van der Waals surface area contributed by atoms with Crippen LogP contribution in [-0.4, -0.2) is 6.04 Å². The van der Waals surface area contributed by atoms with Crippen LogP contribution in [0.2, 0.25) is 0 Å². The highest BCUT2D eigenvalue weighted by Crippen LogP contribution is 2.24. The van der Waals surface area contributed by atoms with Crippen LogP contribution >= 0.6 is 0 Å². The average Bonchev–Trinajstić information content (AvgIpc) is 2.74. The van der Waals surface area contributed by atoms with Gasteiger partial charge in [0.15, 0.2) is 0 Å². The van der Waals surface area contributed by atoms with Gasteiger partial charge in [-0.05, 0) is 30.9 Å². The predicted octanol–water partition coefficient (Wildman–Crippen LogP) is 4.71. The van der Waals surface area contributed by atoms with E-state index in [0.29, 0.717) is 6.61 Å². The molecule has 1 atom stereocenters. The van der Waals surface area contributed by atoms with E-state index < -0.39 is 0 Å². The van der Waals surface area contributed by atoms with E-state index in [1.54, 1.807) is 0 Å². The zero-order chi connectivity index (χ0) is 16.1. The van der Waals surface area contributed by atoms with Gasteiger partial charge < -0.3 is 10.1 Å². The second-order valence-corrected chi connectivity index (χ2v) is 6.06. The summed E-state index contributed by atoms with van der Waals surface area (Å²) in [6.07, 6.45) is 14.7. The quantitative estimate of drug-likeness (QED) is 0.850. The molecule has 2 nitrogen and oxygen atoms in total. The minimum Gasteiger partial charge on any atom is -0.491 e. The molecule has 1 aromatic carbocycles. The summed E-state index contributed by atoms with van der Waals surface area (Å²) in [5, 5.41) is 3.41. The number of hydrogen-bond acceptors (Lipinski definition) is 2. The molecule has 0 fully saturated rings. The van der Waals surface area contributed by atoms with Gasteiger partial charge in [-0.3, -0.25) is 0 Å². The summed E-state index contributed by atoms with van der Waals surface area (Å²) in [6, 6.07) is 8.62. The van der Waals surface area contributed by atoms with Crippen molar-refractivity contribution < 1.29 is 4.74 Å². The fraction of sp³-hybridized carbons (Fsp3) is 0.238. The number of ether oxygens (including phenoxy) is 1. The van der Waals surface area contributed by atoms with Gasteiger partial charge in [0.25, 0.3) is 0 Å². The van der Waals surface area contributed by atoms with E-state index in [-0.39, 0.29) is 6.04 Å². The molecule has 1 aliphatic heterocycles. The maximum absolute atomic E-state index is 6.05. The van der Waals surface area contributed by atoms with Crippen molar-refractivity contribution in [1.82, 2.24) is 5.32 Å². The van der Waals surface area contributed by atoms with Crippen LogP contribution in [-0.2, 0) is 11.3 Å². The van der Waals surface area contributed by atoms with Crippen molar-refractivity contribution in [1.29, 1.82) is 0 Å². The van der Waals surface area contributed by atoms with Crippen LogP contribution in [0.5, 0.6) is 0 Å². The third-order valence-corrected chi connectivity index (χ3v) is 4.04. The van der Waals surface area contributed by atoms with Crippen molar-refractivity contribution in [3.8, 4) is 0 Å². The Bertz CT molecular complexity index is 689. The van der Waals surface area contributed by atoms with E-state index in [9.17, 15) is 0 Å². The molecule has 2 aliphatic rings. The molecule has 0 unspecified atom stereocenters. The van der Waals surface area contributed by atoms with E-state index in [2.05, 4.69) is 73.5 Å². The molecule has 0 bridgehead atoms. The van der Waals surface area contributed by atoms with E-state index in [4.69, 9.17) is 4.74 Å². The second kappa shape index (κ2) is 7.19. The highest BCUT2D eigenvalue weighted by atomic mass is 16.5. The molecule has 1 N–H and O–H groups in total. The van der Waals surface area contributed by atoms with Crippen LogP contribution in [0.4, 0.5) is 0 Å². The number of rotatable bonds is 5. The van der Waals surface area contributed by atoms with Crippen molar-refractivity contribution >= 4 is 0 Å². The summed E-state index contributed by atoms with van der Waals surface area (Å²) in [5.74, 6) is 0.970. The molecule has 1 heterocycles. The molecular formula is C21H23NO. The van der Waals surface area contributed by atoms with Gasteiger partial charge in [0.05, 0.1) is 6.04 Å². The Morgan fingerprint density at radius 1 is 1.22 bits per heavy atom. The minimum atomic E-state index is 0.162. The zero-order valence-electron chi connectivity index (χ0n) is 13.6. The molecule has 0 aromatic heterocycles. The summed E-state index contributed by atoms with van der Waals surface area (Å²) in [6.45, 7) is 6.70. The normalized spacial score (nSPS) is 19.9. The summed E-state index contributed by atoms with van der Waals surface area (Å²) in [4.78, 5) is 0. The van der Waals surface area contributed by atoms with Crippen molar-refractivity contribution in [2.45, 2.75) is 32.4 Å². The predicted molar refractivity (Wildman–Crippen MR) is 95.7 cm³/mol. The van der Waals surface area contributed by atoms with Crippen LogP contribution in [0.1, 0.15) is 24.0 Å². The number of benzene rings is 1. The maximum atomic E-state index is 6.05. The molecule has 0 saturated heterocycles. The second-order valence-electron chi connectivity index (χ2n) is 6.06. The molecule has 0 spiro atoms. The highest BCUT2D eigenvalue weighted by Gasteiger charge is 2.23. The Balaban J connectivity index is 1.63. The van der Waals surface area contributed by atoms with Crippen molar-refractivity contribution in [2.24, 2.45) is 0 Å². The van der Waals surface area contributed by atoms with Crippen molar-refractivity contribution in [2.75, 3.05) is 0 Å². The molecule has 0 saturated carbocycles. The van der Waals surface area contributed by atoms with Gasteiger partial charge in [-0.1, -0.05) is 66.8 Å². The fourth-order valence-corrected chi connectivity index (χ4v) is 2.75. The summed E-state index contributed by atoms with van der Waals surface area (Å²) in [7, 11) is 0. The average molecular weight is 305 g/mol. The monoisotopic (exact) mass is 305 g/mol. The highest BCUT2D eigenvalue weighted by molar-refractivity contribution is 5.34. The smallest absolute Gasteiger partial charge is 0.121 e. The van der Waals surface area contributed by atoms with Crippen LogP contribution in [0.25, 0.3) is 0 Å². The SMILES string of the molecule is C=C1C=C(OCc2ccc(C)cc2)[C@H](CC2=CC=CCC=C2)N1. The lowest BCUT2D eigenvalue weighted by molar-refractivity contribution is 0.180. The summed E-state index contributed by atoms with van der Waals surface area (Å²) >= 11 is 0. The molecule has 0 radical (unpaired) electrons. The first-order chi connectivity index (χ1) is 11.2. The topological polar surface area (TPSA) is 21.3 Å². The zero-order valence-corrected chi connectivity index (χ0v) is 13.6. The van der Waals surface area contributed by atoms with Gasteiger partial charge in [0.1, 0.15) is 12.4 Å².